The topological polar surface area (TPSA) is 79.5 Å². The SMILES string of the molecule is CC(C)COc1cccc(C(=O)NC(=S)Nc2ccc(NC(=O)Cc3ccccc3)cc2)c1. The molecule has 3 rings (SSSR count). The molecular weight excluding hydrogens is 434 g/mol. The lowest BCUT2D eigenvalue weighted by atomic mass is 10.1. The highest BCUT2D eigenvalue weighted by atomic mass is 32.1. The van der Waals surface area contributed by atoms with Gasteiger partial charge in [0.25, 0.3) is 5.91 Å². The van der Waals surface area contributed by atoms with Gasteiger partial charge in [-0.3, -0.25) is 14.9 Å². The lowest BCUT2D eigenvalue weighted by molar-refractivity contribution is -0.115. The number of rotatable bonds is 8. The summed E-state index contributed by atoms with van der Waals surface area (Å²) in [7, 11) is 0. The maximum Gasteiger partial charge on any atom is 0.257 e. The molecule has 170 valence electrons. The fourth-order valence-electron chi connectivity index (χ4n) is 2.95. The quantitative estimate of drug-likeness (QED) is 0.410. The summed E-state index contributed by atoms with van der Waals surface area (Å²) >= 11 is 5.26. The van der Waals surface area contributed by atoms with E-state index in [0.717, 1.165) is 5.56 Å². The average molecular weight is 462 g/mol. The average Bonchev–Trinajstić information content (AvgIpc) is 2.79. The van der Waals surface area contributed by atoms with Crippen molar-refractivity contribution in [2.75, 3.05) is 17.2 Å². The minimum absolute atomic E-state index is 0.0932. The summed E-state index contributed by atoms with van der Waals surface area (Å²) in [6, 6.07) is 23.6. The van der Waals surface area contributed by atoms with Crippen molar-refractivity contribution in [2.45, 2.75) is 20.3 Å². The molecule has 0 saturated carbocycles. The van der Waals surface area contributed by atoms with E-state index in [0.29, 0.717) is 41.6 Å². The number of carbonyl (C=O) groups is 2. The largest absolute Gasteiger partial charge is 0.493 e. The van der Waals surface area contributed by atoms with Crippen LogP contribution in [0.2, 0.25) is 0 Å². The highest BCUT2D eigenvalue weighted by Crippen LogP contribution is 2.16. The van der Waals surface area contributed by atoms with Gasteiger partial charge in [0.1, 0.15) is 5.75 Å². The molecule has 0 spiro atoms. The molecule has 0 fully saturated rings. The van der Waals surface area contributed by atoms with Gasteiger partial charge in [-0.2, -0.15) is 0 Å². The smallest absolute Gasteiger partial charge is 0.257 e. The second kappa shape index (κ2) is 11.8. The van der Waals surface area contributed by atoms with Gasteiger partial charge in [0, 0.05) is 16.9 Å². The van der Waals surface area contributed by atoms with E-state index < -0.39 is 0 Å². The van der Waals surface area contributed by atoms with Gasteiger partial charge in [0.15, 0.2) is 5.11 Å². The van der Waals surface area contributed by atoms with E-state index in [-0.39, 0.29) is 16.9 Å². The molecule has 33 heavy (non-hydrogen) atoms. The molecular formula is C26H27N3O3S. The van der Waals surface area contributed by atoms with Crippen molar-refractivity contribution in [2.24, 2.45) is 5.92 Å². The van der Waals surface area contributed by atoms with Crippen LogP contribution in [0, 0.1) is 5.92 Å². The zero-order chi connectivity index (χ0) is 23.6. The van der Waals surface area contributed by atoms with E-state index in [1.54, 1.807) is 42.5 Å². The second-order valence-corrected chi connectivity index (χ2v) is 8.34. The summed E-state index contributed by atoms with van der Waals surface area (Å²) in [6.07, 6.45) is 0.306. The Morgan fingerprint density at radius 2 is 1.55 bits per heavy atom. The summed E-state index contributed by atoms with van der Waals surface area (Å²) in [5, 5.41) is 8.68. The third kappa shape index (κ3) is 8.05. The minimum atomic E-state index is -0.327. The molecule has 0 aliphatic rings. The van der Waals surface area contributed by atoms with Crippen molar-refractivity contribution < 1.29 is 14.3 Å². The van der Waals surface area contributed by atoms with E-state index >= 15 is 0 Å². The Kier molecular flexibility index (Phi) is 8.55. The van der Waals surface area contributed by atoms with Crippen LogP contribution in [0.1, 0.15) is 29.8 Å². The van der Waals surface area contributed by atoms with Crippen molar-refractivity contribution in [3.05, 3.63) is 90.0 Å². The minimum Gasteiger partial charge on any atom is -0.493 e. The molecule has 0 aliphatic carbocycles. The van der Waals surface area contributed by atoms with Gasteiger partial charge in [-0.05, 0) is 66.2 Å². The van der Waals surface area contributed by atoms with Crippen LogP contribution in [0.3, 0.4) is 0 Å². The van der Waals surface area contributed by atoms with E-state index in [4.69, 9.17) is 17.0 Å². The molecule has 3 aromatic carbocycles. The van der Waals surface area contributed by atoms with Crippen LogP contribution in [0.25, 0.3) is 0 Å². The first-order valence-electron chi connectivity index (χ1n) is 10.7. The van der Waals surface area contributed by atoms with Gasteiger partial charge < -0.3 is 15.4 Å². The van der Waals surface area contributed by atoms with Crippen molar-refractivity contribution in [1.29, 1.82) is 0 Å². The van der Waals surface area contributed by atoms with Crippen molar-refractivity contribution in [1.82, 2.24) is 5.32 Å². The monoisotopic (exact) mass is 461 g/mol. The highest BCUT2D eigenvalue weighted by Gasteiger charge is 2.10. The number of nitrogens with one attached hydrogen (secondary N) is 3. The maximum absolute atomic E-state index is 12.5. The Labute approximate surface area is 199 Å². The Morgan fingerprint density at radius 1 is 0.879 bits per heavy atom. The fraction of sp³-hybridized carbons (Fsp3) is 0.192. The van der Waals surface area contributed by atoms with Crippen LogP contribution < -0.4 is 20.7 Å². The molecule has 0 aliphatic heterocycles. The van der Waals surface area contributed by atoms with Crippen molar-refractivity contribution >= 4 is 40.5 Å². The van der Waals surface area contributed by atoms with Gasteiger partial charge >= 0.3 is 0 Å². The molecule has 6 nitrogen and oxygen atoms in total. The van der Waals surface area contributed by atoms with E-state index in [1.165, 1.54) is 0 Å². The summed E-state index contributed by atoms with van der Waals surface area (Å²) in [4.78, 5) is 24.7. The molecule has 0 unspecified atom stereocenters. The summed E-state index contributed by atoms with van der Waals surface area (Å²) in [6.45, 7) is 4.70. The van der Waals surface area contributed by atoms with Crippen LogP contribution in [0.5, 0.6) is 5.75 Å². The van der Waals surface area contributed by atoms with Gasteiger partial charge in [-0.1, -0.05) is 50.2 Å². The fourth-order valence-corrected chi connectivity index (χ4v) is 3.16. The van der Waals surface area contributed by atoms with E-state index in [2.05, 4.69) is 29.8 Å². The first-order valence-corrected chi connectivity index (χ1v) is 11.1. The van der Waals surface area contributed by atoms with Gasteiger partial charge in [0.2, 0.25) is 5.91 Å². The van der Waals surface area contributed by atoms with E-state index in [9.17, 15) is 9.59 Å². The Hall–Kier alpha value is -3.71. The second-order valence-electron chi connectivity index (χ2n) is 7.93. The number of benzene rings is 3. The van der Waals surface area contributed by atoms with Crippen molar-refractivity contribution in [3.8, 4) is 5.75 Å². The number of hydrogen-bond donors (Lipinski definition) is 3. The normalized spacial score (nSPS) is 10.4. The zero-order valence-electron chi connectivity index (χ0n) is 18.6. The summed E-state index contributed by atoms with van der Waals surface area (Å²) in [5.41, 5.74) is 2.77. The molecule has 3 N–H and O–H groups in total. The molecule has 0 aromatic heterocycles. The number of thiocarbonyl (C=S) groups is 1. The number of anilines is 2. The van der Waals surface area contributed by atoms with Gasteiger partial charge in [-0.25, -0.2) is 0 Å². The van der Waals surface area contributed by atoms with Crippen LogP contribution in [0.15, 0.2) is 78.9 Å². The molecule has 0 bridgehead atoms. The number of carbonyl (C=O) groups excluding carboxylic acids is 2. The zero-order valence-corrected chi connectivity index (χ0v) is 19.4. The molecule has 0 saturated heterocycles. The summed E-state index contributed by atoms with van der Waals surface area (Å²) < 4.78 is 5.67. The Morgan fingerprint density at radius 3 is 2.21 bits per heavy atom. The predicted octanol–water partition coefficient (Wildman–Crippen LogP) is 5.03. The van der Waals surface area contributed by atoms with E-state index in [1.807, 2.05) is 36.4 Å². The predicted molar refractivity (Wildman–Crippen MR) is 136 cm³/mol. The third-order valence-electron chi connectivity index (χ3n) is 4.54. The first-order chi connectivity index (χ1) is 15.9. The van der Waals surface area contributed by atoms with Crippen LogP contribution in [-0.2, 0) is 11.2 Å². The lowest BCUT2D eigenvalue weighted by Crippen LogP contribution is -2.34. The number of ether oxygens (including phenoxy) is 1. The Balaban J connectivity index is 1.49. The number of amides is 2. The lowest BCUT2D eigenvalue weighted by Gasteiger charge is -2.12. The van der Waals surface area contributed by atoms with Crippen LogP contribution in [-0.4, -0.2) is 23.5 Å². The molecule has 7 heteroatoms. The van der Waals surface area contributed by atoms with Gasteiger partial charge in [-0.15, -0.1) is 0 Å². The first kappa shape index (κ1) is 23.9. The standard InChI is InChI=1S/C26H27N3O3S/c1-18(2)17-32-23-10-6-9-20(16-23)25(31)29-26(33)28-22-13-11-21(12-14-22)27-24(30)15-19-7-4-3-5-8-19/h3-14,16,18H,15,17H2,1-2H3,(H,27,30)(H2,28,29,31,33). The molecule has 2 amide bonds. The summed E-state index contributed by atoms with van der Waals surface area (Å²) in [5.74, 6) is 0.611. The maximum atomic E-state index is 12.5. The highest BCUT2D eigenvalue weighted by molar-refractivity contribution is 7.80. The van der Waals surface area contributed by atoms with Crippen LogP contribution >= 0.6 is 12.2 Å². The molecule has 3 aromatic rings. The third-order valence-corrected chi connectivity index (χ3v) is 4.74. The van der Waals surface area contributed by atoms with Crippen LogP contribution in [0.4, 0.5) is 11.4 Å². The molecule has 0 atom stereocenters. The molecule has 0 radical (unpaired) electrons. The van der Waals surface area contributed by atoms with Gasteiger partial charge in [0.05, 0.1) is 13.0 Å². The Bertz CT molecular complexity index is 1100. The number of hydrogen-bond acceptors (Lipinski definition) is 4. The van der Waals surface area contributed by atoms with Crippen molar-refractivity contribution in [3.63, 3.8) is 0 Å². The molecule has 0 heterocycles.